The molecular formula is C27H34BrN3O5. The molecule has 2 N–H and O–H groups in total. The number of rotatable bonds is 15. The van der Waals surface area contributed by atoms with Gasteiger partial charge in [-0.25, -0.2) is 10.2 Å². The number of carbonyl (C=O) groups is 3. The van der Waals surface area contributed by atoms with Crippen molar-refractivity contribution >= 4 is 39.9 Å². The monoisotopic (exact) mass is 559 g/mol. The van der Waals surface area contributed by atoms with Crippen LogP contribution in [0, 0.1) is 0 Å². The van der Waals surface area contributed by atoms with Crippen LogP contribution in [0.15, 0.2) is 52.0 Å². The number of methoxy groups -OCH3 is 1. The van der Waals surface area contributed by atoms with Gasteiger partial charge in [0.1, 0.15) is 0 Å². The second kappa shape index (κ2) is 16.5. The molecule has 36 heavy (non-hydrogen) atoms. The van der Waals surface area contributed by atoms with Gasteiger partial charge in [0, 0.05) is 10.9 Å². The van der Waals surface area contributed by atoms with Crippen LogP contribution in [0.3, 0.4) is 0 Å². The molecule has 2 rings (SSSR count). The number of hydrazone groups is 1. The Morgan fingerprint density at radius 3 is 2.42 bits per heavy atom. The van der Waals surface area contributed by atoms with Gasteiger partial charge in [-0.1, -0.05) is 67.4 Å². The molecule has 2 aromatic rings. The van der Waals surface area contributed by atoms with Crippen LogP contribution < -0.4 is 20.2 Å². The van der Waals surface area contributed by atoms with E-state index in [-0.39, 0.29) is 18.2 Å². The van der Waals surface area contributed by atoms with Gasteiger partial charge in [-0.15, -0.1) is 0 Å². The van der Waals surface area contributed by atoms with Gasteiger partial charge in [-0.2, -0.15) is 5.10 Å². The summed E-state index contributed by atoms with van der Waals surface area (Å²) < 4.78 is 11.5. The number of hydrogen-bond donors (Lipinski definition) is 2. The van der Waals surface area contributed by atoms with Crippen molar-refractivity contribution in [2.75, 3.05) is 13.7 Å². The molecule has 0 saturated heterocycles. The molecule has 0 bridgehead atoms. The highest BCUT2D eigenvalue weighted by atomic mass is 79.9. The van der Waals surface area contributed by atoms with Crippen molar-refractivity contribution in [1.82, 2.24) is 10.7 Å². The average molecular weight is 560 g/mol. The second-order valence-corrected chi connectivity index (χ2v) is 9.17. The first-order chi connectivity index (χ1) is 17.4. The van der Waals surface area contributed by atoms with Gasteiger partial charge in [-0.05, 0) is 48.4 Å². The lowest BCUT2D eigenvalue weighted by atomic mass is 10.1. The number of halogens is 1. The molecule has 0 fully saturated rings. The summed E-state index contributed by atoms with van der Waals surface area (Å²) in [5, 5.41) is 6.52. The number of unbranched alkanes of at least 4 members (excludes halogenated alkanes) is 6. The predicted molar refractivity (Wildman–Crippen MR) is 143 cm³/mol. The van der Waals surface area contributed by atoms with Crippen LogP contribution in [0.2, 0.25) is 0 Å². The highest BCUT2D eigenvalue weighted by Gasteiger charge is 2.13. The second-order valence-electron chi connectivity index (χ2n) is 8.25. The van der Waals surface area contributed by atoms with Crippen molar-refractivity contribution in [3.05, 3.63) is 58.1 Å². The Labute approximate surface area is 221 Å². The van der Waals surface area contributed by atoms with Crippen LogP contribution in [0.5, 0.6) is 11.5 Å². The summed E-state index contributed by atoms with van der Waals surface area (Å²) >= 11 is 3.33. The molecule has 0 atom stereocenters. The van der Waals surface area contributed by atoms with Gasteiger partial charge in [0.2, 0.25) is 5.91 Å². The summed E-state index contributed by atoms with van der Waals surface area (Å²) in [7, 11) is 1.46. The summed E-state index contributed by atoms with van der Waals surface area (Å²) in [5.74, 6) is -0.484. The van der Waals surface area contributed by atoms with E-state index in [2.05, 4.69) is 38.7 Å². The first kappa shape index (κ1) is 29.0. The molecule has 2 amide bonds. The van der Waals surface area contributed by atoms with Crippen LogP contribution >= 0.6 is 15.9 Å². The fraction of sp³-hybridized carbons (Fsp3) is 0.407. The Balaban J connectivity index is 1.75. The molecule has 9 heteroatoms. The van der Waals surface area contributed by atoms with Crippen LogP contribution in [0.25, 0.3) is 0 Å². The van der Waals surface area contributed by atoms with Gasteiger partial charge in [0.25, 0.3) is 5.91 Å². The van der Waals surface area contributed by atoms with E-state index in [1.54, 1.807) is 36.4 Å². The molecule has 0 spiro atoms. The lowest BCUT2D eigenvalue weighted by Gasteiger charge is -2.10. The number of amides is 2. The Morgan fingerprint density at radius 1 is 0.944 bits per heavy atom. The first-order valence-electron chi connectivity index (χ1n) is 12.2. The van der Waals surface area contributed by atoms with Crippen LogP contribution in [0.4, 0.5) is 0 Å². The fourth-order valence-electron chi connectivity index (χ4n) is 3.35. The zero-order valence-corrected chi connectivity index (χ0v) is 22.4. The highest BCUT2D eigenvalue weighted by Crippen LogP contribution is 2.28. The van der Waals surface area contributed by atoms with E-state index in [0.717, 1.165) is 23.7 Å². The lowest BCUT2D eigenvalue weighted by Crippen LogP contribution is -2.34. The molecule has 0 aliphatic heterocycles. The van der Waals surface area contributed by atoms with E-state index in [1.165, 1.54) is 39.0 Å². The number of nitrogens with zero attached hydrogens (tertiary/aromatic N) is 1. The minimum atomic E-state index is -0.516. The van der Waals surface area contributed by atoms with Crippen molar-refractivity contribution in [2.45, 2.75) is 58.3 Å². The van der Waals surface area contributed by atoms with E-state index < -0.39 is 11.9 Å². The van der Waals surface area contributed by atoms with E-state index in [9.17, 15) is 14.4 Å². The first-order valence-corrected chi connectivity index (χ1v) is 13.0. The van der Waals surface area contributed by atoms with Crippen LogP contribution in [0.1, 0.15) is 74.2 Å². The summed E-state index contributed by atoms with van der Waals surface area (Å²) in [6.45, 7) is 2.05. The largest absolute Gasteiger partial charge is 0.493 e. The van der Waals surface area contributed by atoms with Crippen LogP contribution in [-0.4, -0.2) is 37.7 Å². The summed E-state index contributed by atoms with van der Waals surface area (Å²) in [5.41, 5.74) is 3.40. The molecule has 0 radical (unpaired) electrons. The molecule has 0 unspecified atom stereocenters. The Hall–Kier alpha value is -3.20. The van der Waals surface area contributed by atoms with Gasteiger partial charge in [-0.3, -0.25) is 9.59 Å². The van der Waals surface area contributed by atoms with E-state index in [4.69, 9.17) is 9.47 Å². The van der Waals surface area contributed by atoms with Gasteiger partial charge < -0.3 is 14.8 Å². The van der Waals surface area contributed by atoms with Gasteiger partial charge >= 0.3 is 5.97 Å². The number of esters is 1. The summed E-state index contributed by atoms with van der Waals surface area (Å²) in [6.07, 6.45) is 9.79. The molecular weight excluding hydrogens is 526 g/mol. The van der Waals surface area contributed by atoms with Gasteiger partial charge in [0.05, 0.1) is 25.4 Å². The molecule has 0 saturated carbocycles. The minimum Gasteiger partial charge on any atom is -0.493 e. The lowest BCUT2D eigenvalue weighted by molar-refractivity contribution is -0.126. The topological polar surface area (TPSA) is 106 Å². The molecule has 0 aliphatic carbocycles. The third-order valence-electron chi connectivity index (χ3n) is 5.31. The van der Waals surface area contributed by atoms with E-state index >= 15 is 0 Å². The van der Waals surface area contributed by atoms with Crippen molar-refractivity contribution in [1.29, 1.82) is 0 Å². The highest BCUT2D eigenvalue weighted by molar-refractivity contribution is 9.10. The predicted octanol–water partition coefficient (Wildman–Crippen LogP) is 5.38. The number of nitrogens with one attached hydrogen (secondary N) is 2. The van der Waals surface area contributed by atoms with Crippen molar-refractivity contribution in [2.24, 2.45) is 5.10 Å². The molecule has 194 valence electrons. The fourth-order valence-corrected chi connectivity index (χ4v) is 3.75. The van der Waals surface area contributed by atoms with Crippen LogP contribution in [-0.2, 0) is 9.59 Å². The molecule has 8 nitrogen and oxygen atoms in total. The third kappa shape index (κ3) is 11.0. The Kier molecular flexibility index (Phi) is 13.3. The molecule has 0 aromatic heterocycles. The SMILES string of the molecule is CCCCCCCCCC(=O)NCC(=O)N/N=C/c1ccc(OC(=O)c2cccc(Br)c2)c(OC)c1. The minimum absolute atomic E-state index is 0.138. The maximum absolute atomic E-state index is 12.4. The Morgan fingerprint density at radius 2 is 1.69 bits per heavy atom. The van der Waals surface area contributed by atoms with Crippen molar-refractivity contribution < 1.29 is 23.9 Å². The van der Waals surface area contributed by atoms with E-state index in [0.29, 0.717) is 23.3 Å². The third-order valence-corrected chi connectivity index (χ3v) is 5.80. The number of carbonyl (C=O) groups excluding carboxylic acids is 3. The average Bonchev–Trinajstić information content (AvgIpc) is 2.87. The van der Waals surface area contributed by atoms with Crippen molar-refractivity contribution in [3.8, 4) is 11.5 Å². The summed E-state index contributed by atoms with van der Waals surface area (Å²) in [4.78, 5) is 36.2. The van der Waals surface area contributed by atoms with E-state index in [1.807, 2.05) is 6.07 Å². The maximum Gasteiger partial charge on any atom is 0.343 e. The quantitative estimate of drug-likeness (QED) is 0.100. The number of ether oxygens (including phenoxy) is 2. The summed E-state index contributed by atoms with van der Waals surface area (Å²) in [6, 6.07) is 11.8. The standard InChI is InChI=1S/C27H34BrN3O5/c1-3-4-5-6-7-8-9-13-25(32)29-19-26(33)31-30-18-20-14-15-23(24(16-20)35-2)36-27(34)21-11-10-12-22(28)17-21/h10-12,14-18H,3-9,13,19H2,1-2H3,(H,29,32)(H,31,33)/b30-18+. The van der Waals surface area contributed by atoms with Gasteiger partial charge in [0.15, 0.2) is 11.5 Å². The Bertz CT molecular complexity index is 1040. The van der Waals surface area contributed by atoms with Crippen molar-refractivity contribution in [3.63, 3.8) is 0 Å². The molecule has 2 aromatic carbocycles. The normalized spacial score (nSPS) is 10.8. The number of hydrogen-bond acceptors (Lipinski definition) is 6. The number of benzene rings is 2. The molecule has 0 heterocycles. The maximum atomic E-state index is 12.4. The molecule has 0 aliphatic rings. The smallest absolute Gasteiger partial charge is 0.343 e. The zero-order valence-electron chi connectivity index (χ0n) is 20.8. The zero-order chi connectivity index (χ0) is 26.2.